The van der Waals surface area contributed by atoms with E-state index >= 15 is 0 Å². The second-order valence-electron chi connectivity index (χ2n) is 8.35. The number of sulfonamides is 1. The summed E-state index contributed by atoms with van der Waals surface area (Å²) in [5.41, 5.74) is 2.00. The Hall–Kier alpha value is -2.97. The van der Waals surface area contributed by atoms with Crippen LogP contribution in [0.2, 0.25) is 0 Å². The molecule has 0 aliphatic rings. The second kappa shape index (κ2) is 9.26. The summed E-state index contributed by atoms with van der Waals surface area (Å²) in [6.07, 6.45) is 0.255. The molecule has 0 fully saturated rings. The third kappa shape index (κ3) is 5.26. The Balaban J connectivity index is 1.90. The van der Waals surface area contributed by atoms with E-state index in [0.717, 1.165) is 16.5 Å². The standard InChI is InChI=1S/C24H27NO6S/c1-14(2)12-20(25-32(28,29)18-8-6-15(3)7-9-18)24(27)30-21-11-10-19-16(4)13-22(26)31-23(19)17(21)5/h6-11,13-14,20,25H,12H2,1-5H3/t20-/m1/s1. The van der Waals surface area contributed by atoms with Crippen molar-refractivity contribution in [1.82, 2.24) is 4.72 Å². The molecule has 1 heterocycles. The highest BCUT2D eigenvalue weighted by atomic mass is 32.2. The molecule has 1 aromatic heterocycles. The van der Waals surface area contributed by atoms with Gasteiger partial charge in [0.15, 0.2) is 0 Å². The van der Waals surface area contributed by atoms with E-state index in [0.29, 0.717) is 11.1 Å². The van der Waals surface area contributed by atoms with Gasteiger partial charge < -0.3 is 9.15 Å². The Bertz CT molecular complexity index is 1310. The van der Waals surface area contributed by atoms with Crippen LogP contribution in [0, 0.1) is 26.7 Å². The zero-order valence-electron chi connectivity index (χ0n) is 18.8. The van der Waals surface area contributed by atoms with Crippen molar-refractivity contribution in [3.63, 3.8) is 0 Å². The van der Waals surface area contributed by atoms with Gasteiger partial charge in [-0.1, -0.05) is 31.5 Å². The van der Waals surface area contributed by atoms with E-state index in [-0.39, 0.29) is 23.0 Å². The molecule has 0 unspecified atom stereocenters. The summed E-state index contributed by atoms with van der Waals surface area (Å²) < 4.78 is 39.0. The lowest BCUT2D eigenvalue weighted by molar-refractivity contribution is -0.136. The lowest BCUT2D eigenvalue weighted by atomic mass is 10.0. The van der Waals surface area contributed by atoms with Crippen LogP contribution in [0.5, 0.6) is 5.75 Å². The first-order chi connectivity index (χ1) is 15.0. The number of aryl methyl sites for hydroxylation is 3. The average molecular weight is 458 g/mol. The van der Waals surface area contributed by atoms with Crippen LogP contribution in [-0.2, 0) is 14.8 Å². The highest BCUT2D eigenvalue weighted by Gasteiger charge is 2.29. The molecule has 0 bridgehead atoms. The van der Waals surface area contributed by atoms with Crippen LogP contribution in [-0.4, -0.2) is 20.4 Å². The molecule has 170 valence electrons. The summed E-state index contributed by atoms with van der Waals surface area (Å²) in [7, 11) is -3.93. The van der Waals surface area contributed by atoms with Crippen molar-refractivity contribution in [2.75, 3.05) is 0 Å². The zero-order chi connectivity index (χ0) is 23.6. The molecular weight excluding hydrogens is 430 g/mol. The third-order valence-electron chi connectivity index (χ3n) is 5.15. The summed E-state index contributed by atoms with van der Waals surface area (Å²) in [6.45, 7) is 9.11. The van der Waals surface area contributed by atoms with Crippen molar-refractivity contribution in [1.29, 1.82) is 0 Å². The number of nitrogens with one attached hydrogen (secondary N) is 1. The molecule has 1 atom stereocenters. The number of carbonyl (C=O) groups excluding carboxylic acids is 1. The summed E-state index contributed by atoms with van der Waals surface area (Å²) in [6, 6.07) is 10.0. The molecule has 2 aromatic carbocycles. The van der Waals surface area contributed by atoms with Crippen LogP contribution in [0.25, 0.3) is 11.0 Å². The molecule has 0 aliphatic carbocycles. The number of carbonyl (C=O) groups is 1. The van der Waals surface area contributed by atoms with Gasteiger partial charge in [0, 0.05) is 17.0 Å². The van der Waals surface area contributed by atoms with Crippen molar-refractivity contribution < 1.29 is 22.4 Å². The van der Waals surface area contributed by atoms with Crippen molar-refractivity contribution in [2.24, 2.45) is 5.92 Å². The maximum absolute atomic E-state index is 13.0. The van der Waals surface area contributed by atoms with Crippen LogP contribution in [0.4, 0.5) is 0 Å². The number of hydrogen-bond donors (Lipinski definition) is 1. The van der Waals surface area contributed by atoms with Gasteiger partial charge >= 0.3 is 11.6 Å². The van der Waals surface area contributed by atoms with Gasteiger partial charge in [-0.05, 0) is 62.9 Å². The Morgan fingerprint density at radius 3 is 2.34 bits per heavy atom. The lowest BCUT2D eigenvalue weighted by Gasteiger charge is -2.20. The molecule has 0 saturated carbocycles. The molecule has 0 aliphatic heterocycles. The van der Waals surface area contributed by atoms with E-state index in [1.807, 2.05) is 20.8 Å². The smallest absolute Gasteiger partial charge is 0.336 e. The molecule has 3 rings (SSSR count). The van der Waals surface area contributed by atoms with Gasteiger partial charge in [-0.15, -0.1) is 0 Å². The summed E-state index contributed by atoms with van der Waals surface area (Å²) >= 11 is 0. The number of benzene rings is 2. The molecule has 0 amide bonds. The zero-order valence-corrected chi connectivity index (χ0v) is 19.6. The minimum absolute atomic E-state index is 0.0339. The second-order valence-corrected chi connectivity index (χ2v) is 10.1. The Morgan fingerprint density at radius 2 is 1.72 bits per heavy atom. The molecular formula is C24H27NO6S. The van der Waals surface area contributed by atoms with E-state index in [4.69, 9.17) is 9.15 Å². The lowest BCUT2D eigenvalue weighted by Crippen LogP contribution is -2.43. The number of rotatable bonds is 7. The minimum Gasteiger partial charge on any atom is -0.425 e. The summed E-state index contributed by atoms with van der Waals surface area (Å²) in [5, 5.41) is 0.737. The van der Waals surface area contributed by atoms with Gasteiger partial charge in [-0.3, -0.25) is 0 Å². The van der Waals surface area contributed by atoms with Gasteiger partial charge in [0.05, 0.1) is 4.90 Å². The van der Waals surface area contributed by atoms with E-state index in [1.54, 1.807) is 38.1 Å². The molecule has 7 nitrogen and oxygen atoms in total. The topological polar surface area (TPSA) is 103 Å². The molecule has 32 heavy (non-hydrogen) atoms. The van der Waals surface area contributed by atoms with Gasteiger partial charge in [0.2, 0.25) is 10.0 Å². The van der Waals surface area contributed by atoms with Gasteiger partial charge in [0.25, 0.3) is 0 Å². The predicted octanol–water partition coefficient (Wildman–Crippen LogP) is 4.02. The van der Waals surface area contributed by atoms with Crippen LogP contribution >= 0.6 is 0 Å². The van der Waals surface area contributed by atoms with Crippen LogP contribution < -0.4 is 15.1 Å². The van der Waals surface area contributed by atoms with Crippen LogP contribution in [0.1, 0.15) is 37.0 Å². The fourth-order valence-corrected chi connectivity index (χ4v) is 4.62. The van der Waals surface area contributed by atoms with Gasteiger partial charge in [0.1, 0.15) is 17.4 Å². The number of esters is 1. The largest absolute Gasteiger partial charge is 0.425 e. The highest BCUT2D eigenvalue weighted by molar-refractivity contribution is 7.89. The highest BCUT2D eigenvalue weighted by Crippen LogP contribution is 2.28. The predicted molar refractivity (Wildman–Crippen MR) is 122 cm³/mol. The van der Waals surface area contributed by atoms with Crippen molar-refractivity contribution in [3.8, 4) is 5.75 Å². The maximum Gasteiger partial charge on any atom is 0.336 e. The van der Waals surface area contributed by atoms with Crippen molar-refractivity contribution in [2.45, 2.75) is 52.0 Å². The molecule has 0 spiro atoms. The quantitative estimate of drug-likeness (QED) is 0.327. The first-order valence-electron chi connectivity index (χ1n) is 10.3. The number of fused-ring (bicyclic) bond motifs is 1. The Morgan fingerprint density at radius 1 is 1.06 bits per heavy atom. The average Bonchev–Trinajstić information content (AvgIpc) is 2.69. The van der Waals surface area contributed by atoms with E-state index in [9.17, 15) is 18.0 Å². The monoisotopic (exact) mass is 457 g/mol. The number of ether oxygens (including phenoxy) is 1. The van der Waals surface area contributed by atoms with E-state index < -0.39 is 27.7 Å². The van der Waals surface area contributed by atoms with Crippen molar-refractivity contribution in [3.05, 3.63) is 69.6 Å². The molecule has 0 radical (unpaired) electrons. The fraction of sp³-hybridized carbons (Fsp3) is 0.333. The van der Waals surface area contributed by atoms with Gasteiger partial charge in [-0.25, -0.2) is 18.0 Å². The van der Waals surface area contributed by atoms with Gasteiger partial charge in [-0.2, -0.15) is 4.72 Å². The fourth-order valence-electron chi connectivity index (χ4n) is 3.43. The molecule has 1 N–H and O–H groups in total. The first-order valence-corrected chi connectivity index (χ1v) is 11.8. The third-order valence-corrected chi connectivity index (χ3v) is 6.64. The van der Waals surface area contributed by atoms with Crippen molar-refractivity contribution >= 4 is 27.0 Å². The number of hydrogen-bond acceptors (Lipinski definition) is 6. The Kier molecular flexibility index (Phi) is 6.85. The molecule has 8 heteroatoms. The van der Waals surface area contributed by atoms with Crippen LogP contribution in [0.15, 0.2) is 56.6 Å². The normalized spacial score (nSPS) is 12.8. The minimum atomic E-state index is -3.93. The maximum atomic E-state index is 13.0. The van der Waals surface area contributed by atoms with E-state index in [1.165, 1.54) is 18.2 Å². The Labute approximate surface area is 187 Å². The molecule has 0 saturated heterocycles. The van der Waals surface area contributed by atoms with Crippen LogP contribution in [0.3, 0.4) is 0 Å². The van der Waals surface area contributed by atoms with E-state index in [2.05, 4.69) is 4.72 Å². The first kappa shape index (κ1) is 23.7. The summed E-state index contributed by atoms with van der Waals surface area (Å²) in [5.74, 6) is -0.488. The molecule has 3 aromatic rings. The SMILES string of the molecule is Cc1ccc(S(=O)(=O)N[C@H](CC(C)C)C(=O)Oc2ccc3c(C)cc(=O)oc3c2C)cc1. The summed E-state index contributed by atoms with van der Waals surface area (Å²) in [4.78, 5) is 24.8.